The molecule has 0 unspecified atom stereocenters. The second-order valence-corrected chi connectivity index (χ2v) is 4.39. The molecule has 0 saturated heterocycles. The Balaban J connectivity index is 3.28. The maximum absolute atomic E-state index is 9.67. The van der Waals surface area contributed by atoms with Crippen molar-refractivity contribution in [1.82, 2.24) is 0 Å². The van der Waals surface area contributed by atoms with E-state index in [4.69, 9.17) is 4.74 Å². The van der Waals surface area contributed by atoms with Crippen LogP contribution in [0.4, 0.5) is 0 Å². The molecule has 1 aromatic carbocycles. The zero-order valence-electron chi connectivity index (χ0n) is 9.66. The molecule has 0 aliphatic carbocycles. The molecule has 84 valence electrons. The zero-order valence-corrected chi connectivity index (χ0v) is 9.66. The van der Waals surface area contributed by atoms with Crippen LogP contribution in [0.1, 0.15) is 25.0 Å². The van der Waals surface area contributed by atoms with Gasteiger partial charge in [-0.25, -0.2) is 0 Å². The van der Waals surface area contributed by atoms with Gasteiger partial charge in [0.15, 0.2) is 11.5 Å². The van der Waals surface area contributed by atoms with Crippen molar-refractivity contribution < 1.29 is 14.9 Å². The number of ether oxygens (including phenoxy) is 1. The average Bonchev–Trinajstić information content (AvgIpc) is 2.21. The van der Waals surface area contributed by atoms with Gasteiger partial charge < -0.3 is 14.9 Å². The minimum absolute atomic E-state index is 0.0559. The molecule has 0 aliphatic rings. The number of methoxy groups -OCH3 is 1. The number of benzene rings is 1. The Morgan fingerprint density at radius 3 is 2.40 bits per heavy atom. The van der Waals surface area contributed by atoms with Crippen LogP contribution in [0.15, 0.2) is 12.1 Å². The third kappa shape index (κ3) is 2.23. The van der Waals surface area contributed by atoms with Gasteiger partial charge in [-0.3, -0.25) is 0 Å². The van der Waals surface area contributed by atoms with Gasteiger partial charge in [0.2, 0.25) is 0 Å². The lowest BCUT2D eigenvalue weighted by atomic mass is 9.84. The second-order valence-electron chi connectivity index (χ2n) is 4.39. The summed E-state index contributed by atoms with van der Waals surface area (Å²) in [6.45, 7) is 5.76. The lowest BCUT2D eigenvalue weighted by Crippen LogP contribution is -2.22. The standard InChI is InChI=1S/C12H18O3/c1-8-5-9(12(2,3)7-13)6-10(15-4)11(8)14/h5-6,13-14H,7H2,1-4H3. The van der Waals surface area contributed by atoms with Crippen molar-refractivity contribution in [3.05, 3.63) is 23.3 Å². The molecule has 0 aliphatic heterocycles. The first-order valence-electron chi connectivity index (χ1n) is 4.91. The second kappa shape index (κ2) is 4.11. The van der Waals surface area contributed by atoms with Crippen LogP contribution >= 0.6 is 0 Å². The van der Waals surface area contributed by atoms with Crippen LogP contribution in [0, 0.1) is 6.92 Å². The van der Waals surface area contributed by atoms with E-state index >= 15 is 0 Å². The quantitative estimate of drug-likeness (QED) is 0.802. The van der Waals surface area contributed by atoms with Gasteiger partial charge in [-0.2, -0.15) is 0 Å². The van der Waals surface area contributed by atoms with Crippen LogP contribution in [-0.2, 0) is 5.41 Å². The number of rotatable bonds is 3. The van der Waals surface area contributed by atoms with E-state index in [1.165, 1.54) is 7.11 Å². The van der Waals surface area contributed by atoms with E-state index in [9.17, 15) is 10.2 Å². The predicted octanol–water partition coefficient (Wildman–Crippen LogP) is 1.98. The third-order valence-electron chi connectivity index (χ3n) is 2.66. The van der Waals surface area contributed by atoms with Gasteiger partial charge in [0.25, 0.3) is 0 Å². The first-order chi connectivity index (χ1) is 6.92. The van der Waals surface area contributed by atoms with Crippen molar-refractivity contribution in [1.29, 1.82) is 0 Å². The SMILES string of the molecule is COc1cc(C(C)(C)CO)cc(C)c1O. The maximum Gasteiger partial charge on any atom is 0.161 e. The van der Waals surface area contributed by atoms with Crippen molar-refractivity contribution in [2.75, 3.05) is 13.7 Å². The van der Waals surface area contributed by atoms with Crippen LogP contribution in [0.5, 0.6) is 11.5 Å². The number of phenolic OH excluding ortho intramolecular Hbond substituents is 1. The van der Waals surface area contributed by atoms with Gasteiger partial charge in [0.1, 0.15) is 0 Å². The van der Waals surface area contributed by atoms with E-state index < -0.39 is 0 Å². The fourth-order valence-electron chi connectivity index (χ4n) is 1.38. The van der Waals surface area contributed by atoms with Crippen LogP contribution < -0.4 is 4.74 Å². The summed E-state index contributed by atoms with van der Waals surface area (Å²) in [6.07, 6.45) is 0. The highest BCUT2D eigenvalue weighted by Crippen LogP contribution is 2.35. The first kappa shape index (κ1) is 11.9. The van der Waals surface area contributed by atoms with Gasteiger partial charge in [0, 0.05) is 5.41 Å². The number of hydrogen-bond donors (Lipinski definition) is 2. The summed E-state index contributed by atoms with van der Waals surface area (Å²) >= 11 is 0. The van der Waals surface area contributed by atoms with E-state index in [1.54, 1.807) is 6.07 Å². The zero-order chi connectivity index (χ0) is 11.6. The highest BCUT2D eigenvalue weighted by Gasteiger charge is 2.21. The van der Waals surface area contributed by atoms with Crippen molar-refractivity contribution in [2.24, 2.45) is 0 Å². The molecule has 0 saturated carbocycles. The van der Waals surface area contributed by atoms with Crippen molar-refractivity contribution >= 4 is 0 Å². The lowest BCUT2D eigenvalue weighted by Gasteiger charge is -2.23. The minimum Gasteiger partial charge on any atom is -0.504 e. The summed E-state index contributed by atoms with van der Waals surface area (Å²) in [5, 5.41) is 18.9. The number of aliphatic hydroxyl groups excluding tert-OH is 1. The van der Waals surface area contributed by atoms with Gasteiger partial charge >= 0.3 is 0 Å². The molecular formula is C12H18O3. The monoisotopic (exact) mass is 210 g/mol. The van der Waals surface area contributed by atoms with Gasteiger partial charge in [-0.15, -0.1) is 0 Å². The average molecular weight is 210 g/mol. The molecule has 1 aromatic rings. The number of aliphatic hydroxyl groups is 1. The van der Waals surface area contributed by atoms with E-state index in [0.29, 0.717) is 5.75 Å². The molecule has 0 atom stereocenters. The Hall–Kier alpha value is -1.22. The Kier molecular flexibility index (Phi) is 3.25. The summed E-state index contributed by atoms with van der Waals surface area (Å²) < 4.78 is 5.07. The fraction of sp³-hybridized carbons (Fsp3) is 0.500. The summed E-state index contributed by atoms with van der Waals surface area (Å²) in [5.41, 5.74) is 1.38. The normalized spacial score (nSPS) is 11.5. The largest absolute Gasteiger partial charge is 0.504 e. The predicted molar refractivity (Wildman–Crippen MR) is 59.5 cm³/mol. The summed E-state index contributed by atoms with van der Waals surface area (Å²) in [4.78, 5) is 0. The van der Waals surface area contributed by atoms with Crippen molar-refractivity contribution in [3.8, 4) is 11.5 Å². The van der Waals surface area contributed by atoms with Crippen LogP contribution in [-0.4, -0.2) is 23.9 Å². The van der Waals surface area contributed by atoms with Gasteiger partial charge in [-0.05, 0) is 24.1 Å². The number of aryl methyl sites for hydroxylation is 1. The molecule has 15 heavy (non-hydrogen) atoms. The highest BCUT2D eigenvalue weighted by atomic mass is 16.5. The first-order valence-corrected chi connectivity index (χ1v) is 4.91. The molecular weight excluding hydrogens is 192 g/mol. The van der Waals surface area contributed by atoms with Crippen LogP contribution in [0.3, 0.4) is 0 Å². The topological polar surface area (TPSA) is 49.7 Å². The van der Waals surface area contributed by atoms with E-state index in [0.717, 1.165) is 11.1 Å². The number of phenols is 1. The number of hydrogen-bond acceptors (Lipinski definition) is 3. The van der Waals surface area contributed by atoms with E-state index in [-0.39, 0.29) is 17.8 Å². The number of aromatic hydroxyl groups is 1. The molecule has 3 heteroatoms. The molecule has 0 fully saturated rings. The fourth-order valence-corrected chi connectivity index (χ4v) is 1.38. The van der Waals surface area contributed by atoms with E-state index in [2.05, 4.69) is 0 Å². The smallest absolute Gasteiger partial charge is 0.161 e. The molecule has 0 radical (unpaired) electrons. The van der Waals surface area contributed by atoms with Crippen molar-refractivity contribution in [2.45, 2.75) is 26.2 Å². The molecule has 0 amide bonds. The van der Waals surface area contributed by atoms with E-state index in [1.807, 2.05) is 26.8 Å². The molecule has 2 N–H and O–H groups in total. The van der Waals surface area contributed by atoms with Crippen LogP contribution in [0.2, 0.25) is 0 Å². The Labute approximate surface area is 90.3 Å². The molecule has 0 bridgehead atoms. The third-order valence-corrected chi connectivity index (χ3v) is 2.66. The molecule has 0 spiro atoms. The highest BCUT2D eigenvalue weighted by molar-refractivity contribution is 5.49. The lowest BCUT2D eigenvalue weighted by molar-refractivity contribution is 0.218. The Morgan fingerprint density at radius 2 is 1.93 bits per heavy atom. The van der Waals surface area contributed by atoms with Gasteiger partial charge in [0.05, 0.1) is 13.7 Å². The minimum atomic E-state index is -0.328. The summed E-state index contributed by atoms with van der Waals surface area (Å²) in [6, 6.07) is 3.63. The Bertz CT molecular complexity index is 356. The summed E-state index contributed by atoms with van der Waals surface area (Å²) in [7, 11) is 1.52. The van der Waals surface area contributed by atoms with Crippen LogP contribution in [0.25, 0.3) is 0 Å². The maximum atomic E-state index is 9.67. The summed E-state index contributed by atoms with van der Waals surface area (Å²) in [5.74, 6) is 0.613. The Morgan fingerprint density at radius 1 is 1.33 bits per heavy atom. The molecule has 0 aromatic heterocycles. The van der Waals surface area contributed by atoms with Crippen molar-refractivity contribution in [3.63, 3.8) is 0 Å². The molecule has 3 nitrogen and oxygen atoms in total. The molecule has 0 heterocycles. The van der Waals surface area contributed by atoms with Gasteiger partial charge in [-0.1, -0.05) is 19.9 Å². The molecule has 1 rings (SSSR count).